The van der Waals surface area contributed by atoms with Crippen LogP contribution < -0.4 is 5.32 Å². The molecule has 4 heteroatoms. The van der Waals surface area contributed by atoms with Gasteiger partial charge in [0.05, 0.1) is 0 Å². The molecule has 0 unspecified atom stereocenters. The summed E-state index contributed by atoms with van der Waals surface area (Å²) in [4.78, 5) is 2.14. The first-order valence-corrected chi connectivity index (χ1v) is 6.33. The van der Waals surface area contributed by atoms with Crippen LogP contribution in [0.4, 0.5) is 8.78 Å². The zero-order chi connectivity index (χ0) is 11.8. The fraction of sp³-hybridized carbons (Fsp3) is 0.231. The highest BCUT2D eigenvalue weighted by Crippen LogP contribution is 2.34. The maximum absolute atomic E-state index is 13.7. The van der Waals surface area contributed by atoms with Gasteiger partial charge in [0, 0.05) is 27.9 Å². The highest BCUT2D eigenvalue weighted by molar-refractivity contribution is 7.15. The Hall–Kier alpha value is -1.26. The average Bonchev–Trinajstić information content (AvgIpc) is 2.72. The summed E-state index contributed by atoms with van der Waals surface area (Å²) in [5, 5.41) is 3.29. The molecule has 1 N–H and O–H groups in total. The normalized spacial score (nSPS) is 14.7. The first-order chi connectivity index (χ1) is 8.24. The number of halogens is 2. The predicted molar refractivity (Wildman–Crippen MR) is 65.1 cm³/mol. The van der Waals surface area contributed by atoms with E-state index in [4.69, 9.17) is 0 Å². The molecule has 3 rings (SSSR count). The zero-order valence-electron chi connectivity index (χ0n) is 9.09. The number of benzene rings is 1. The van der Waals surface area contributed by atoms with Gasteiger partial charge >= 0.3 is 0 Å². The van der Waals surface area contributed by atoms with E-state index in [1.165, 1.54) is 22.6 Å². The molecule has 1 nitrogen and oxygen atoms in total. The highest BCUT2D eigenvalue weighted by atomic mass is 32.1. The van der Waals surface area contributed by atoms with Crippen molar-refractivity contribution in [1.29, 1.82) is 0 Å². The first kappa shape index (κ1) is 10.9. The van der Waals surface area contributed by atoms with Crippen molar-refractivity contribution in [3.63, 3.8) is 0 Å². The number of rotatable bonds is 1. The van der Waals surface area contributed by atoms with E-state index in [0.717, 1.165) is 30.5 Å². The van der Waals surface area contributed by atoms with Crippen molar-refractivity contribution in [1.82, 2.24) is 5.32 Å². The van der Waals surface area contributed by atoms with Gasteiger partial charge in [0.25, 0.3) is 0 Å². The van der Waals surface area contributed by atoms with Gasteiger partial charge in [0.1, 0.15) is 11.6 Å². The van der Waals surface area contributed by atoms with Gasteiger partial charge in [-0.25, -0.2) is 8.78 Å². The fourth-order valence-corrected chi connectivity index (χ4v) is 3.28. The minimum atomic E-state index is -0.533. The van der Waals surface area contributed by atoms with Crippen molar-refractivity contribution in [3.8, 4) is 10.4 Å². The minimum Gasteiger partial charge on any atom is -0.312 e. The molecule has 0 fully saturated rings. The molecule has 1 aromatic carbocycles. The van der Waals surface area contributed by atoms with Gasteiger partial charge in [-0.15, -0.1) is 11.3 Å². The molecule has 0 bridgehead atoms. The molecule has 0 radical (unpaired) electrons. The van der Waals surface area contributed by atoms with Crippen molar-refractivity contribution in [2.45, 2.75) is 13.0 Å². The second-order valence-electron chi connectivity index (χ2n) is 4.11. The standard InChI is InChI=1S/C13H11F2NS/c14-9-1-2-10(11(15)6-9)12-5-8-3-4-16-7-13(8)17-12/h1-2,5-6,16H,3-4,7H2. The zero-order valence-corrected chi connectivity index (χ0v) is 9.91. The Morgan fingerprint density at radius 1 is 1.18 bits per heavy atom. The van der Waals surface area contributed by atoms with E-state index in [1.807, 2.05) is 6.07 Å². The van der Waals surface area contributed by atoms with Gasteiger partial charge in [0.15, 0.2) is 0 Å². The highest BCUT2D eigenvalue weighted by Gasteiger charge is 2.15. The third-order valence-electron chi connectivity index (χ3n) is 2.95. The van der Waals surface area contributed by atoms with E-state index in [-0.39, 0.29) is 0 Å². The molecule has 1 aromatic heterocycles. The van der Waals surface area contributed by atoms with Crippen LogP contribution in [0.3, 0.4) is 0 Å². The molecule has 1 aliphatic heterocycles. The van der Waals surface area contributed by atoms with E-state index in [2.05, 4.69) is 5.32 Å². The van der Waals surface area contributed by atoms with Gasteiger partial charge in [-0.3, -0.25) is 0 Å². The van der Waals surface area contributed by atoms with Crippen molar-refractivity contribution in [3.05, 3.63) is 46.3 Å². The fourth-order valence-electron chi connectivity index (χ4n) is 2.07. The summed E-state index contributed by atoms with van der Waals surface area (Å²) in [5.74, 6) is -1.02. The molecule has 2 aromatic rings. The Kier molecular flexibility index (Phi) is 2.68. The minimum absolute atomic E-state index is 0.489. The van der Waals surface area contributed by atoms with Crippen LogP contribution in [0, 0.1) is 11.6 Å². The SMILES string of the molecule is Fc1ccc(-c2cc3c(s2)CNCC3)c(F)c1. The third kappa shape index (κ3) is 1.98. The van der Waals surface area contributed by atoms with E-state index in [0.29, 0.717) is 5.56 Å². The van der Waals surface area contributed by atoms with Crippen LogP contribution in [-0.4, -0.2) is 6.54 Å². The van der Waals surface area contributed by atoms with Crippen LogP contribution in [0.5, 0.6) is 0 Å². The van der Waals surface area contributed by atoms with Crippen LogP contribution in [0.2, 0.25) is 0 Å². The number of fused-ring (bicyclic) bond motifs is 1. The Morgan fingerprint density at radius 2 is 2.06 bits per heavy atom. The van der Waals surface area contributed by atoms with Crippen LogP contribution in [0.1, 0.15) is 10.4 Å². The number of hydrogen-bond acceptors (Lipinski definition) is 2. The lowest BCUT2D eigenvalue weighted by Crippen LogP contribution is -2.21. The Balaban J connectivity index is 2.06. The molecule has 1 aliphatic rings. The van der Waals surface area contributed by atoms with Crippen molar-refractivity contribution in [2.24, 2.45) is 0 Å². The van der Waals surface area contributed by atoms with Crippen LogP contribution in [0.15, 0.2) is 24.3 Å². The van der Waals surface area contributed by atoms with E-state index >= 15 is 0 Å². The molecule has 2 heterocycles. The summed E-state index contributed by atoms with van der Waals surface area (Å²) < 4.78 is 26.5. The second-order valence-corrected chi connectivity index (χ2v) is 5.25. The lowest BCUT2D eigenvalue weighted by molar-refractivity contribution is 0.586. The summed E-state index contributed by atoms with van der Waals surface area (Å²) >= 11 is 1.58. The molecule has 88 valence electrons. The molecule has 0 saturated carbocycles. The molecule has 0 spiro atoms. The van der Waals surface area contributed by atoms with Gasteiger partial charge in [-0.05, 0) is 36.7 Å². The Morgan fingerprint density at radius 3 is 2.82 bits per heavy atom. The van der Waals surface area contributed by atoms with E-state index in [9.17, 15) is 8.78 Å². The van der Waals surface area contributed by atoms with Gasteiger partial charge in [-0.1, -0.05) is 0 Å². The molecular formula is C13H11F2NS. The third-order valence-corrected chi connectivity index (χ3v) is 4.16. The second kappa shape index (κ2) is 4.20. The van der Waals surface area contributed by atoms with Crippen LogP contribution in [0.25, 0.3) is 10.4 Å². The van der Waals surface area contributed by atoms with Gasteiger partial charge in [0.2, 0.25) is 0 Å². The van der Waals surface area contributed by atoms with Crippen molar-refractivity contribution < 1.29 is 8.78 Å². The molecule has 0 saturated heterocycles. The summed E-state index contributed by atoms with van der Waals surface area (Å²) in [6.45, 7) is 1.82. The monoisotopic (exact) mass is 251 g/mol. The Labute approximate surface area is 102 Å². The Bertz CT molecular complexity index is 539. The van der Waals surface area contributed by atoms with E-state index < -0.39 is 11.6 Å². The van der Waals surface area contributed by atoms with Gasteiger partial charge < -0.3 is 5.32 Å². The molecule has 17 heavy (non-hydrogen) atoms. The molecule has 0 amide bonds. The first-order valence-electron chi connectivity index (χ1n) is 5.52. The van der Waals surface area contributed by atoms with Crippen LogP contribution >= 0.6 is 11.3 Å². The maximum Gasteiger partial charge on any atom is 0.134 e. The summed E-state index contributed by atoms with van der Waals surface area (Å²) in [6.07, 6.45) is 0.981. The van der Waals surface area contributed by atoms with Crippen molar-refractivity contribution >= 4 is 11.3 Å². The number of nitrogens with one attached hydrogen (secondary N) is 1. The maximum atomic E-state index is 13.7. The molecule has 0 atom stereocenters. The average molecular weight is 251 g/mol. The summed E-state index contributed by atoms with van der Waals surface area (Å²) in [5.41, 5.74) is 1.78. The van der Waals surface area contributed by atoms with Gasteiger partial charge in [-0.2, -0.15) is 0 Å². The summed E-state index contributed by atoms with van der Waals surface area (Å²) in [7, 11) is 0. The largest absolute Gasteiger partial charge is 0.312 e. The predicted octanol–water partition coefficient (Wildman–Crippen LogP) is 3.34. The number of thiophene rings is 1. The topological polar surface area (TPSA) is 12.0 Å². The molecule has 0 aliphatic carbocycles. The smallest absolute Gasteiger partial charge is 0.134 e. The number of hydrogen-bond donors (Lipinski definition) is 1. The van der Waals surface area contributed by atoms with E-state index in [1.54, 1.807) is 11.3 Å². The lowest BCUT2D eigenvalue weighted by atomic mass is 10.1. The van der Waals surface area contributed by atoms with Crippen LogP contribution in [-0.2, 0) is 13.0 Å². The summed E-state index contributed by atoms with van der Waals surface area (Å²) in [6, 6.07) is 5.77. The quantitative estimate of drug-likeness (QED) is 0.819. The molecular weight excluding hydrogens is 240 g/mol. The van der Waals surface area contributed by atoms with Crippen molar-refractivity contribution in [2.75, 3.05) is 6.54 Å². The lowest BCUT2D eigenvalue weighted by Gasteiger charge is -2.10.